The van der Waals surface area contributed by atoms with E-state index in [4.69, 9.17) is 0 Å². The van der Waals surface area contributed by atoms with Gasteiger partial charge in [-0.1, -0.05) is 30.3 Å². The Labute approximate surface area is 122 Å². The summed E-state index contributed by atoms with van der Waals surface area (Å²) >= 11 is 1.59. The van der Waals surface area contributed by atoms with E-state index in [1.807, 2.05) is 18.2 Å². The highest BCUT2D eigenvalue weighted by Crippen LogP contribution is 2.50. The number of thioether (sulfide) groups is 1. The molecule has 1 saturated carbocycles. The van der Waals surface area contributed by atoms with Crippen LogP contribution in [0.25, 0.3) is 0 Å². The summed E-state index contributed by atoms with van der Waals surface area (Å²) in [4.78, 5) is 1.00. The molecular formula is C17H17FOS. The van der Waals surface area contributed by atoms with Crippen LogP contribution in [0.1, 0.15) is 17.9 Å². The highest BCUT2D eigenvalue weighted by atomic mass is 32.2. The number of aliphatic hydroxyl groups is 1. The summed E-state index contributed by atoms with van der Waals surface area (Å²) in [7, 11) is 0. The lowest BCUT2D eigenvalue weighted by Gasteiger charge is -2.10. The maximum absolute atomic E-state index is 12.8. The lowest BCUT2D eigenvalue weighted by Crippen LogP contribution is -2.13. The summed E-state index contributed by atoms with van der Waals surface area (Å²) in [5, 5.41) is 10.2. The maximum atomic E-state index is 12.8. The van der Waals surface area contributed by atoms with Gasteiger partial charge in [0.25, 0.3) is 0 Å². The molecule has 0 saturated heterocycles. The fourth-order valence-electron chi connectivity index (χ4n) is 2.56. The Bertz CT molecular complexity index is 555. The maximum Gasteiger partial charge on any atom is 0.123 e. The second kappa shape index (κ2) is 5.98. The fourth-order valence-corrected chi connectivity index (χ4v) is 3.50. The van der Waals surface area contributed by atoms with E-state index in [1.165, 1.54) is 17.7 Å². The third kappa shape index (κ3) is 3.22. The topological polar surface area (TPSA) is 20.2 Å². The molecule has 1 fully saturated rings. The van der Waals surface area contributed by atoms with Crippen molar-refractivity contribution in [2.75, 3.05) is 5.75 Å². The summed E-state index contributed by atoms with van der Waals surface area (Å²) in [5.74, 6) is 1.31. The van der Waals surface area contributed by atoms with E-state index in [1.54, 1.807) is 23.9 Å². The van der Waals surface area contributed by atoms with Crippen molar-refractivity contribution in [3.05, 3.63) is 66.0 Å². The average molecular weight is 288 g/mol. The normalized spacial score (nSPS) is 22.5. The van der Waals surface area contributed by atoms with Crippen LogP contribution in [0.3, 0.4) is 0 Å². The molecule has 3 atom stereocenters. The van der Waals surface area contributed by atoms with Gasteiger partial charge in [0.1, 0.15) is 5.82 Å². The molecule has 3 rings (SSSR count). The molecule has 0 radical (unpaired) electrons. The second-order valence-electron chi connectivity index (χ2n) is 5.25. The standard InChI is InChI=1S/C17H17FOS/c18-13-6-8-14(9-7-13)20-11-17(19)16-10-15(16)12-4-2-1-3-5-12/h1-9,15-17,19H,10-11H2. The monoisotopic (exact) mass is 288 g/mol. The first-order chi connectivity index (χ1) is 9.74. The molecule has 1 aliphatic rings. The number of hydrogen-bond acceptors (Lipinski definition) is 2. The third-order valence-electron chi connectivity index (χ3n) is 3.80. The van der Waals surface area contributed by atoms with E-state index >= 15 is 0 Å². The van der Waals surface area contributed by atoms with E-state index in [-0.39, 0.29) is 11.9 Å². The van der Waals surface area contributed by atoms with Crippen LogP contribution in [0.15, 0.2) is 59.5 Å². The summed E-state index contributed by atoms with van der Waals surface area (Å²) in [5.41, 5.74) is 1.32. The van der Waals surface area contributed by atoms with Gasteiger partial charge in [0.05, 0.1) is 6.10 Å². The Balaban J connectivity index is 1.51. The van der Waals surface area contributed by atoms with Gasteiger partial charge in [0, 0.05) is 10.6 Å². The SMILES string of the molecule is OC(CSc1ccc(F)cc1)C1CC1c1ccccc1. The molecule has 2 aromatic carbocycles. The van der Waals surface area contributed by atoms with Crippen LogP contribution < -0.4 is 0 Å². The van der Waals surface area contributed by atoms with Gasteiger partial charge in [-0.3, -0.25) is 0 Å². The molecule has 20 heavy (non-hydrogen) atoms. The summed E-state index contributed by atoms with van der Waals surface area (Å²) in [6.07, 6.45) is 0.769. The number of rotatable bonds is 5. The predicted molar refractivity (Wildman–Crippen MR) is 80.4 cm³/mol. The van der Waals surface area contributed by atoms with Crippen molar-refractivity contribution in [1.82, 2.24) is 0 Å². The molecule has 1 aliphatic carbocycles. The van der Waals surface area contributed by atoms with Crippen molar-refractivity contribution in [2.24, 2.45) is 5.92 Å². The predicted octanol–water partition coefficient (Wildman–Crippen LogP) is 4.08. The third-order valence-corrected chi connectivity index (χ3v) is 4.91. The van der Waals surface area contributed by atoms with Crippen LogP contribution in [-0.2, 0) is 0 Å². The zero-order chi connectivity index (χ0) is 13.9. The van der Waals surface area contributed by atoms with Crippen molar-refractivity contribution < 1.29 is 9.50 Å². The molecule has 0 spiro atoms. The first kappa shape index (κ1) is 13.7. The largest absolute Gasteiger partial charge is 0.392 e. The second-order valence-corrected chi connectivity index (χ2v) is 6.34. The molecule has 1 nitrogen and oxygen atoms in total. The van der Waals surface area contributed by atoms with Crippen molar-refractivity contribution in [3.63, 3.8) is 0 Å². The van der Waals surface area contributed by atoms with Gasteiger partial charge in [-0.15, -0.1) is 11.8 Å². The van der Waals surface area contributed by atoms with E-state index in [0.717, 1.165) is 11.3 Å². The Kier molecular flexibility index (Phi) is 4.08. The minimum atomic E-state index is -0.296. The van der Waals surface area contributed by atoms with E-state index in [2.05, 4.69) is 12.1 Å². The molecule has 0 amide bonds. The van der Waals surface area contributed by atoms with Crippen LogP contribution in [0.2, 0.25) is 0 Å². The number of halogens is 1. The zero-order valence-electron chi connectivity index (χ0n) is 11.1. The van der Waals surface area contributed by atoms with Crippen LogP contribution in [0.5, 0.6) is 0 Å². The van der Waals surface area contributed by atoms with Crippen molar-refractivity contribution in [2.45, 2.75) is 23.3 Å². The first-order valence-corrected chi connectivity index (χ1v) is 7.84. The molecule has 0 aromatic heterocycles. The Morgan fingerprint density at radius 1 is 1.10 bits per heavy atom. The highest BCUT2D eigenvalue weighted by Gasteiger charge is 2.42. The van der Waals surface area contributed by atoms with Gasteiger partial charge in [0.2, 0.25) is 0 Å². The molecule has 104 valence electrons. The smallest absolute Gasteiger partial charge is 0.123 e. The van der Waals surface area contributed by atoms with Gasteiger partial charge >= 0.3 is 0 Å². The highest BCUT2D eigenvalue weighted by molar-refractivity contribution is 7.99. The molecule has 0 bridgehead atoms. The number of benzene rings is 2. The van der Waals surface area contributed by atoms with Crippen molar-refractivity contribution in [1.29, 1.82) is 0 Å². The molecule has 1 N–H and O–H groups in total. The van der Waals surface area contributed by atoms with Crippen molar-refractivity contribution >= 4 is 11.8 Å². The quantitative estimate of drug-likeness (QED) is 0.837. The van der Waals surface area contributed by atoms with Gasteiger partial charge in [-0.05, 0) is 48.1 Å². The summed E-state index contributed by atoms with van der Waals surface area (Å²) in [6, 6.07) is 16.8. The van der Waals surface area contributed by atoms with Gasteiger partial charge in [0.15, 0.2) is 0 Å². The molecule has 0 heterocycles. The van der Waals surface area contributed by atoms with Crippen LogP contribution >= 0.6 is 11.8 Å². The molecule has 3 heteroatoms. The molecule has 3 unspecified atom stereocenters. The van der Waals surface area contributed by atoms with Gasteiger partial charge < -0.3 is 5.11 Å². The van der Waals surface area contributed by atoms with Gasteiger partial charge in [-0.25, -0.2) is 4.39 Å². The van der Waals surface area contributed by atoms with Crippen LogP contribution in [0, 0.1) is 11.7 Å². The minimum Gasteiger partial charge on any atom is -0.392 e. The summed E-state index contributed by atoms with van der Waals surface area (Å²) in [6.45, 7) is 0. The van der Waals surface area contributed by atoms with Gasteiger partial charge in [-0.2, -0.15) is 0 Å². The minimum absolute atomic E-state index is 0.221. The first-order valence-electron chi connectivity index (χ1n) is 6.85. The van der Waals surface area contributed by atoms with E-state index in [0.29, 0.717) is 17.6 Å². The lowest BCUT2D eigenvalue weighted by molar-refractivity contribution is 0.173. The number of hydrogen-bond donors (Lipinski definition) is 1. The van der Waals surface area contributed by atoms with E-state index in [9.17, 15) is 9.50 Å². The molecule has 0 aliphatic heterocycles. The van der Waals surface area contributed by atoms with E-state index < -0.39 is 0 Å². The lowest BCUT2D eigenvalue weighted by atomic mass is 10.1. The number of aliphatic hydroxyl groups excluding tert-OH is 1. The summed E-state index contributed by atoms with van der Waals surface area (Å²) < 4.78 is 12.8. The van der Waals surface area contributed by atoms with Crippen LogP contribution in [0.4, 0.5) is 4.39 Å². The molecular weight excluding hydrogens is 271 g/mol. The molecule has 2 aromatic rings. The van der Waals surface area contributed by atoms with Crippen LogP contribution in [-0.4, -0.2) is 17.0 Å². The Hall–Kier alpha value is -1.32. The zero-order valence-corrected chi connectivity index (χ0v) is 11.9. The average Bonchev–Trinajstić information content (AvgIpc) is 3.28. The fraction of sp³-hybridized carbons (Fsp3) is 0.294. The van der Waals surface area contributed by atoms with Crippen molar-refractivity contribution in [3.8, 4) is 0 Å². The Morgan fingerprint density at radius 2 is 1.80 bits per heavy atom. The Morgan fingerprint density at radius 3 is 2.50 bits per heavy atom.